The van der Waals surface area contributed by atoms with Crippen molar-refractivity contribution in [1.82, 2.24) is 4.57 Å². The molecule has 18 heavy (non-hydrogen) atoms. The van der Waals surface area contributed by atoms with E-state index in [9.17, 15) is 0 Å². The van der Waals surface area contributed by atoms with E-state index >= 15 is 0 Å². The molecule has 1 aliphatic carbocycles. The Morgan fingerprint density at radius 3 is 2.67 bits per heavy atom. The second-order valence-electron chi connectivity index (χ2n) is 5.61. The van der Waals surface area contributed by atoms with Gasteiger partial charge in [0.1, 0.15) is 0 Å². The smallest absolute Gasteiger partial charge is 0.0481 e. The molecule has 0 amide bonds. The molecule has 0 spiro atoms. The van der Waals surface area contributed by atoms with Crippen molar-refractivity contribution in [1.29, 1.82) is 0 Å². The Morgan fingerprint density at radius 1 is 1.33 bits per heavy atom. The normalized spacial score (nSPS) is 19.7. The van der Waals surface area contributed by atoms with Crippen LogP contribution in [-0.2, 0) is 7.05 Å². The topological polar surface area (TPSA) is 57.0 Å². The van der Waals surface area contributed by atoms with Crippen molar-refractivity contribution in [3.8, 4) is 0 Å². The number of hydrogen-bond donors (Lipinski definition) is 2. The molecule has 1 aliphatic rings. The van der Waals surface area contributed by atoms with Gasteiger partial charge in [0, 0.05) is 35.6 Å². The van der Waals surface area contributed by atoms with Crippen LogP contribution in [0.1, 0.15) is 30.9 Å². The summed E-state index contributed by atoms with van der Waals surface area (Å²) in [4.78, 5) is 0. The Bertz CT molecular complexity index is 561. The number of aromatic nitrogens is 1. The first-order chi connectivity index (χ1) is 8.68. The van der Waals surface area contributed by atoms with Crippen LogP contribution >= 0.6 is 0 Å². The molecule has 1 aromatic carbocycles. The number of benzene rings is 1. The SMILES string of the molecule is Cn1cc(C(N)C2(CN)CCC2)c2ccccc21. The molecule has 0 aliphatic heterocycles. The maximum Gasteiger partial charge on any atom is 0.0481 e. The molecule has 1 aromatic heterocycles. The van der Waals surface area contributed by atoms with Crippen molar-refractivity contribution < 1.29 is 0 Å². The van der Waals surface area contributed by atoms with Gasteiger partial charge >= 0.3 is 0 Å². The first-order valence-electron chi connectivity index (χ1n) is 6.67. The summed E-state index contributed by atoms with van der Waals surface area (Å²) >= 11 is 0. The van der Waals surface area contributed by atoms with Gasteiger partial charge in [-0.05, 0) is 31.0 Å². The third-order valence-electron chi connectivity index (χ3n) is 4.68. The molecule has 3 heteroatoms. The van der Waals surface area contributed by atoms with E-state index in [2.05, 4.69) is 42.1 Å². The first-order valence-corrected chi connectivity index (χ1v) is 6.67. The number of rotatable bonds is 3. The quantitative estimate of drug-likeness (QED) is 0.869. The summed E-state index contributed by atoms with van der Waals surface area (Å²) in [6.45, 7) is 0.692. The number of para-hydroxylation sites is 1. The minimum atomic E-state index is 0.0577. The molecule has 0 bridgehead atoms. The zero-order valence-corrected chi connectivity index (χ0v) is 10.9. The lowest BCUT2D eigenvalue weighted by molar-refractivity contribution is 0.105. The first kappa shape index (κ1) is 11.8. The molecule has 0 radical (unpaired) electrons. The summed E-state index contributed by atoms with van der Waals surface area (Å²) in [5, 5.41) is 1.27. The minimum absolute atomic E-state index is 0.0577. The predicted octanol–water partition coefficient (Wildman–Crippen LogP) is 2.31. The van der Waals surface area contributed by atoms with Gasteiger partial charge in [0.05, 0.1) is 0 Å². The van der Waals surface area contributed by atoms with Crippen LogP contribution in [0.15, 0.2) is 30.5 Å². The van der Waals surface area contributed by atoms with Crippen LogP contribution in [0.5, 0.6) is 0 Å². The van der Waals surface area contributed by atoms with E-state index in [1.54, 1.807) is 0 Å². The average molecular weight is 243 g/mol. The maximum atomic E-state index is 6.53. The van der Waals surface area contributed by atoms with E-state index in [4.69, 9.17) is 11.5 Å². The van der Waals surface area contributed by atoms with E-state index in [-0.39, 0.29) is 11.5 Å². The lowest BCUT2D eigenvalue weighted by atomic mass is 9.62. The highest BCUT2D eigenvalue weighted by Gasteiger charge is 2.42. The van der Waals surface area contributed by atoms with Crippen LogP contribution < -0.4 is 11.5 Å². The Morgan fingerprint density at radius 2 is 2.06 bits per heavy atom. The fraction of sp³-hybridized carbons (Fsp3) is 0.467. The zero-order chi connectivity index (χ0) is 12.8. The molecule has 1 unspecified atom stereocenters. The molecule has 4 N–H and O–H groups in total. The second-order valence-corrected chi connectivity index (χ2v) is 5.61. The molecule has 3 nitrogen and oxygen atoms in total. The van der Waals surface area contributed by atoms with Crippen molar-refractivity contribution in [2.75, 3.05) is 6.54 Å². The molecular formula is C15H21N3. The third-order valence-corrected chi connectivity index (χ3v) is 4.68. The van der Waals surface area contributed by atoms with Crippen LogP contribution in [0.2, 0.25) is 0 Å². The third kappa shape index (κ3) is 1.51. The van der Waals surface area contributed by atoms with Gasteiger partial charge in [0.15, 0.2) is 0 Å². The predicted molar refractivity (Wildman–Crippen MR) is 75.2 cm³/mol. The largest absolute Gasteiger partial charge is 0.350 e. The van der Waals surface area contributed by atoms with Gasteiger partial charge in [-0.15, -0.1) is 0 Å². The summed E-state index contributed by atoms with van der Waals surface area (Å²) in [5.74, 6) is 0. The Labute approximate surface area is 108 Å². The van der Waals surface area contributed by atoms with E-state index in [1.807, 2.05) is 0 Å². The van der Waals surface area contributed by atoms with Gasteiger partial charge in [-0.1, -0.05) is 24.6 Å². The Kier molecular flexibility index (Phi) is 2.68. The zero-order valence-electron chi connectivity index (χ0n) is 10.9. The van der Waals surface area contributed by atoms with Crippen molar-refractivity contribution in [3.63, 3.8) is 0 Å². The Hall–Kier alpha value is -1.32. The van der Waals surface area contributed by atoms with Crippen LogP contribution in [0.4, 0.5) is 0 Å². The van der Waals surface area contributed by atoms with Crippen LogP contribution in [0.3, 0.4) is 0 Å². The van der Waals surface area contributed by atoms with Crippen LogP contribution in [0, 0.1) is 5.41 Å². The molecular weight excluding hydrogens is 222 g/mol. The summed E-state index contributed by atoms with van der Waals surface area (Å²) < 4.78 is 2.16. The van der Waals surface area contributed by atoms with E-state index in [0.29, 0.717) is 6.54 Å². The highest BCUT2D eigenvalue weighted by Crippen LogP contribution is 2.49. The lowest BCUT2D eigenvalue weighted by Crippen LogP contribution is -2.46. The molecule has 1 heterocycles. The molecule has 1 fully saturated rings. The van der Waals surface area contributed by atoms with Gasteiger partial charge in [-0.25, -0.2) is 0 Å². The fourth-order valence-electron chi connectivity index (χ4n) is 3.22. The monoisotopic (exact) mass is 243 g/mol. The van der Waals surface area contributed by atoms with Gasteiger partial charge in [0.25, 0.3) is 0 Å². The highest BCUT2D eigenvalue weighted by atomic mass is 14.9. The van der Waals surface area contributed by atoms with Gasteiger partial charge in [-0.2, -0.15) is 0 Å². The van der Waals surface area contributed by atoms with E-state index in [0.717, 1.165) is 12.8 Å². The molecule has 2 aromatic rings. The number of nitrogens with zero attached hydrogens (tertiary/aromatic N) is 1. The van der Waals surface area contributed by atoms with E-state index < -0.39 is 0 Å². The summed E-state index contributed by atoms with van der Waals surface area (Å²) in [6, 6.07) is 8.51. The van der Waals surface area contributed by atoms with Gasteiger partial charge in [0.2, 0.25) is 0 Å². The number of fused-ring (bicyclic) bond motifs is 1. The van der Waals surface area contributed by atoms with E-state index in [1.165, 1.54) is 22.9 Å². The summed E-state index contributed by atoms with van der Waals surface area (Å²) in [5.41, 5.74) is 15.1. The number of aryl methyl sites for hydroxylation is 1. The van der Waals surface area contributed by atoms with Crippen LogP contribution in [-0.4, -0.2) is 11.1 Å². The van der Waals surface area contributed by atoms with Crippen molar-refractivity contribution in [3.05, 3.63) is 36.0 Å². The minimum Gasteiger partial charge on any atom is -0.350 e. The summed E-state index contributed by atoms with van der Waals surface area (Å²) in [7, 11) is 2.08. The Balaban J connectivity index is 2.09. The van der Waals surface area contributed by atoms with Crippen molar-refractivity contribution in [2.24, 2.45) is 23.9 Å². The standard InChI is InChI=1S/C15H21N3/c1-18-9-12(11-5-2-3-6-13(11)18)14(17)15(10-16)7-4-8-15/h2-3,5-6,9,14H,4,7-8,10,16-17H2,1H3. The van der Waals surface area contributed by atoms with Crippen molar-refractivity contribution in [2.45, 2.75) is 25.3 Å². The summed E-state index contributed by atoms with van der Waals surface area (Å²) in [6.07, 6.45) is 5.75. The fourth-order valence-corrected chi connectivity index (χ4v) is 3.22. The highest BCUT2D eigenvalue weighted by molar-refractivity contribution is 5.84. The molecule has 0 saturated heterocycles. The van der Waals surface area contributed by atoms with Crippen molar-refractivity contribution >= 4 is 10.9 Å². The number of nitrogens with two attached hydrogens (primary N) is 2. The van der Waals surface area contributed by atoms with Gasteiger partial charge in [-0.3, -0.25) is 0 Å². The second kappa shape index (κ2) is 4.11. The average Bonchev–Trinajstić information content (AvgIpc) is 2.67. The molecule has 1 atom stereocenters. The van der Waals surface area contributed by atoms with Gasteiger partial charge < -0.3 is 16.0 Å². The molecule has 1 saturated carbocycles. The molecule has 96 valence electrons. The number of hydrogen-bond acceptors (Lipinski definition) is 2. The maximum absolute atomic E-state index is 6.53. The van der Waals surface area contributed by atoms with Crippen LogP contribution in [0.25, 0.3) is 10.9 Å². The molecule has 3 rings (SSSR count). The lowest BCUT2D eigenvalue weighted by Gasteiger charge is -2.45.